The number of nitrogens with zero attached hydrogens (tertiary/aromatic N) is 2. The molecule has 1 aromatic heterocycles. The van der Waals surface area contributed by atoms with E-state index >= 15 is 0 Å². The number of benzene rings is 1. The molecule has 0 saturated carbocycles. The average Bonchev–Trinajstić information content (AvgIpc) is 2.51. The Kier molecular flexibility index (Phi) is 5.30. The molecule has 0 aliphatic carbocycles. The quantitative estimate of drug-likeness (QED) is 0.861. The van der Waals surface area contributed by atoms with Crippen LogP contribution in [0.1, 0.15) is 11.3 Å². The first kappa shape index (κ1) is 15.8. The molecule has 0 atom stereocenters. The van der Waals surface area contributed by atoms with Gasteiger partial charge in [-0.3, -0.25) is 9.59 Å². The highest BCUT2D eigenvalue weighted by Gasteiger charge is 2.04. The summed E-state index contributed by atoms with van der Waals surface area (Å²) >= 11 is 0. The highest BCUT2D eigenvalue weighted by Crippen LogP contribution is 2.11. The normalized spacial score (nSPS) is 10.3. The van der Waals surface area contributed by atoms with E-state index in [2.05, 4.69) is 10.4 Å². The average molecular weight is 301 g/mol. The van der Waals surface area contributed by atoms with E-state index in [9.17, 15) is 9.59 Å². The number of carbonyl (C=O) groups is 1. The van der Waals surface area contributed by atoms with Crippen LogP contribution in [-0.2, 0) is 17.8 Å². The summed E-state index contributed by atoms with van der Waals surface area (Å²) in [7, 11) is 1.60. The smallest absolute Gasteiger partial charge is 0.266 e. The molecule has 0 fully saturated rings. The fourth-order valence-corrected chi connectivity index (χ4v) is 2.00. The summed E-state index contributed by atoms with van der Waals surface area (Å²) in [5.41, 5.74) is 1.50. The standard InChI is InChI=1S/C16H19N3O3/c1-12-3-8-16(21)19(18-12)10-9-17-15(20)11-13-4-6-14(22-2)7-5-13/h3-8H,9-11H2,1-2H3,(H,17,20). The highest BCUT2D eigenvalue weighted by molar-refractivity contribution is 5.78. The van der Waals surface area contributed by atoms with Crippen molar-refractivity contribution in [2.24, 2.45) is 0 Å². The topological polar surface area (TPSA) is 73.2 Å². The second-order valence-corrected chi connectivity index (χ2v) is 4.91. The maximum Gasteiger partial charge on any atom is 0.266 e. The van der Waals surface area contributed by atoms with Gasteiger partial charge in [0.15, 0.2) is 0 Å². The lowest BCUT2D eigenvalue weighted by Crippen LogP contribution is -2.32. The third-order valence-electron chi connectivity index (χ3n) is 3.17. The maximum atomic E-state index is 11.9. The van der Waals surface area contributed by atoms with Crippen molar-refractivity contribution in [2.45, 2.75) is 19.9 Å². The van der Waals surface area contributed by atoms with Crippen LogP contribution in [0.25, 0.3) is 0 Å². The number of methoxy groups -OCH3 is 1. The summed E-state index contributed by atoms with van der Waals surface area (Å²) in [5.74, 6) is 0.667. The second-order valence-electron chi connectivity index (χ2n) is 4.91. The predicted molar refractivity (Wildman–Crippen MR) is 82.9 cm³/mol. The number of ether oxygens (including phenoxy) is 1. The van der Waals surface area contributed by atoms with Crippen molar-refractivity contribution in [3.63, 3.8) is 0 Å². The van der Waals surface area contributed by atoms with Crippen molar-refractivity contribution in [1.29, 1.82) is 0 Å². The summed E-state index contributed by atoms with van der Waals surface area (Å²) in [4.78, 5) is 23.4. The molecule has 1 heterocycles. The van der Waals surface area contributed by atoms with E-state index in [0.29, 0.717) is 19.5 Å². The minimum atomic E-state index is -0.171. The molecule has 6 heteroatoms. The van der Waals surface area contributed by atoms with Crippen LogP contribution in [0.5, 0.6) is 5.75 Å². The molecule has 1 aromatic carbocycles. The van der Waals surface area contributed by atoms with Crippen molar-refractivity contribution in [1.82, 2.24) is 15.1 Å². The summed E-state index contributed by atoms with van der Waals surface area (Å²) in [5, 5.41) is 6.90. The van der Waals surface area contributed by atoms with Crippen LogP contribution in [0.4, 0.5) is 0 Å². The van der Waals surface area contributed by atoms with Crippen LogP contribution in [0.15, 0.2) is 41.2 Å². The Balaban J connectivity index is 1.82. The van der Waals surface area contributed by atoms with Crippen LogP contribution < -0.4 is 15.6 Å². The largest absolute Gasteiger partial charge is 0.497 e. The van der Waals surface area contributed by atoms with Gasteiger partial charge in [-0.1, -0.05) is 12.1 Å². The lowest BCUT2D eigenvalue weighted by molar-refractivity contribution is -0.120. The number of hydrogen-bond donors (Lipinski definition) is 1. The lowest BCUT2D eigenvalue weighted by atomic mass is 10.1. The third kappa shape index (κ3) is 4.44. The number of rotatable bonds is 6. The van der Waals surface area contributed by atoms with Crippen molar-refractivity contribution in [3.8, 4) is 5.75 Å². The van der Waals surface area contributed by atoms with E-state index < -0.39 is 0 Å². The van der Waals surface area contributed by atoms with Crippen molar-refractivity contribution < 1.29 is 9.53 Å². The Morgan fingerprint density at radius 2 is 1.95 bits per heavy atom. The Morgan fingerprint density at radius 1 is 1.23 bits per heavy atom. The molecule has 0 saturated heterocycles. The SMILES string of the molecule is COc1ccc(CC(=O)NCCn2nc(C)ccc2=O)cc1. The number of carbonyl (C=O) groups excluding carboxylic acids is 1. The van der Waals surface area contributed by atoms with E-state index in [1.54, 1.807) is 13.2 Å². The third-order valence-corrected chi connectivity index (χ3v) is 3.17. The van der Waals surface area contributed by atoms with Crippen LogP contribution >= 0.6 is 0 Å². The summed E-state index contributed by atoms with van der Waals surface area (Å²) in [6.45, 7) is 2.54. The molecule has 0 bridgehead atoms. The zero-order chi connectivity index (χ0) is 15.9. The van der Waals surface area contributed by atoms with Crippen molar-refractivity contribution in [2.75, 3.05) is 13.7 Å². The van der Waals surface area contributed by atoms with Crippen molar-refractivity contribution in [3.05, 3.63) is 58.0 Å². The molecule has 6 nitrogen and oxygen atoms in total. The van der Waals surface area contributed by atoms with E-state index in [1.165, 1.54) is 10.7 Å². The van der Waals surface area contributed by atoms with Gasteiger partial charge in [0, 0.05) is 12.6 Å². The first-order valence-electron chi connectivity index (χ1n) is 7.03. The predicted octanol–water partition coefficient (Wildman–Crippen LogP) is 0.919. The van der Waals surface area contributed by atoms with E-state index in [4.69, 9.17) is 4.74 Å². The van der Waals surface area contributed by atoms with Gasteiger partial charge < -0.3 is 10.1 Å². The molecule has 1 N–H and O–H groups in total. The molecule has 0 radical (unpaired) electrons. The molecule has 0 unspecified atom stereocenters. The molecule has 22 heavy (non-hydrogen) atoms. The highest BCUT2D eigenvalue weighted by atomic mass is 16.5. The van der Waals surface area contributed by atoms with Gasteiger partial charge in [-0.15, -0.1) is 0 Å². The maximum absolute atomic E-state index is 11.9. The Bertz CT molecular complexity index is 693. The molecule has 2 aromatic rings. The fourth-order valence-electron chi connectivity index (χ4n) is 2.00. The number of aromatic nitrogens is 2. The van der Waals surface area contributed by atoms with Gasteiger partial charge in [0.1, 0.15) is 5.75 Å². The first-order chi connectivity index (χ1) is 10.6. The van der Waals surface area contributed by atoms with Crippen molar-refractivity contribution >= 4 is 5.91 Å². The van der Waals surface area contributed by atoms with Gasteiger partial charge in [0.2, 0.25) is 5.91 Å². The molecular formula is C16H19N3O3. The second kappa shape index (κ2) is 7.40. The first-order valence-corrected chi connectivity index (χ1v) is 7.03. The van der Waals surface area contributed by atoms with E-state index in [-0.39, 0.29) is 11.5 Å². The molecule has 0 aliphatic heterocycles. The molecular weight excluding hydrogens is 282 g/mol. The number of aryl methyl sites for hydroxylation is 1. The van der Waals surface area contributed by atoms with E-state index in [0.717, 1.165) is 17.0 Å². The van der Waals surface area contributed by atoms with Gasteiger partial charge in [-0.2, -0.15) is 5.10 Å². The Hall–Kier alpha value is -2.63. The molecule has 116 valence electrons. The van der Waals surface area contributed by atoms with Crippen LogP contribution in [0.3, 0.4) is 0 Å². The number of nitrogens with one attached hydrogen (secondary N) is 1. The number of hydrogen-bond acceptors (Lipinski definition) is 4. The van der Waals surface area contributed by atoms with E-state index in [1.807, 2.05) is 31.2 Å². The minimum Gasteiger partial charge on any atom is -0.497 e. The Morgan fingerprint density at radius 3 is 2.64 bits per heavy atom. The molecule has 0 aliphatic rings. The Labute approximate surface area is 128 Å². The number of amides is 1. The summed E-state index contributed by atoms with van der Waals surface area (Å²) in [6, 6.07) is 10.5. The molecule has 0 spiro atoms. The van der Waals surface area contributed by atoms with Crippen LogP contribution in [0.2, 0.25) is 0 Å². The molecule has 2 rings (SSSR count). The van der Waals surface area contributed by atoms with Crippen LogP contribution in [0, 0.1) is 6.92 Å². The summed E-state index contributed by atoms with van der Waals surface area (Å²) in [6.07, 6.45) is 0.292. The minimum absolute atomic E-state index is 0.0918. The molecule has 1 amide bonds. The fraction of sp³-hybridized carbons (Fsp3) is 0.312. The van der Waals surface area contributed by atoms with Gasteiger partial charge in [0.25, 0.3) is 5.56 Å². The monoisotopic (exact) mass is 301 g/mol. The van der Waals surface area contributed by atoms with Gasteiger partial charge >= 0.3 is 0 Å². The lowest BCUT2D eigenvalue weighted by Gasteiger charge is -2.07. The zero-order valence-electron chi connectivity index (χ0n) is 12.7. The summed E-state index contributed by atoms with van der Waals surface area (Å²) < 4.78 is 6.42. The van der Waals surface area contributed by atoms with Crippen LogP contribution in [-0.4, -0.2) is 29.3 Å². The zero-order valence-corrected chi connectivity index (χ0v) is 12.7. The van der Waals surface area contributed by atoms with Gasteiger partial charge in [-0.05, 0) is 30.7 Å². The van der Waals surface area contributed by atoms with Gasteiger partial charge in [0.05, 0.1) is 25.8 Å². The van der Waals surface area contributed by atoms with Gasteiger partial charge in [-0.25, -0.2) is 4.68 Å².